The number of hydrogen-bond acceptors (Lipinski definition) is 4. The van der Waals surface area contributed by atoms with Crippen LogP contribution in [0.1, 0.15) is 31.4 Å². The van der Waals surface area contributed by atoms with Crippen LogP contribution in [0.25, 0.3) is 0 Å². The molecule has 2 N–H and O–H groups in total. The lowest BCUT2D eigenvalue weighted by Crippen LogP contribution is -2.30. The van der Waals surface area contributed by atoms with Gasteiger partial charge in [-0.05, 0) is 30.5 Å². The highest BCUT2D eigenvalue weighted by atomic mass is 16.6. The first-order chi connectivity index (χ1) is 10.6. The third kappa shape index (κ3) is 2.86. The molecule has 6 nitrogen and oxygen atoms in total. The predicted octanol–water partition coefficient (Wildman–Crippen LogP) is 1.75. The maximum Gasteiger partial charge on any atom is 0.307 e. The highest BCUT2D eigenvalue weighted by Crippen LogP contribution is 2.39. The van der Waals surface area contributed by atoms with Crippen molar-refractivity contribution in [3.63, 3.8) is 0 Å². The normalized spacial score (nSPS) is 23.5. The Morgan fingerprint density at radius 1 is 1.27 bits per heavy atom. The summed E-state index contributed by atoms with van der Waals surface area (Å²) < 4.78 is 11.0. The molecule has 0 radical (unpaired) electrons. The van der Waals surface area contributed by atoms with Crippen LogP contribution in [0.15, 0.2) is 18.2 Å². The van der Waals surface area contributed by atoms with Gasteiger partial charge in [-0.1, -0.05) is 13.0 Å². The van der Waals surface area contributed by atoms with E-state index in [1.165, 1.54) is 0 Å². The molecule has 1 amide bonds. The van der Waals surface area contributed by atoms with Crippen molar-refractivity contribution < 1.29 is 24.2 Å². The van der Waals surface area contributed by atoms with Crippen LogP contribution in [-0.2, 0) is 9.59 Å². The molecule has 2 aliphatic rings. The van der Waals surface area contributed by atoms with Gasteiger partial charge >= 0.3 is 5.97 Å². The van der Waals surface area contributed by atoms with Gasteiger partial charge in [0.2, 0.25) is 5.91 Å². The third-order valence-corrected chi connectivity index (χ3v) is 4.14. The molecule has 3 rings (SSSR count). The van der Waals surface area contributed by atoms with Gasteiger partial charge in [0.1, 0.15) is 13.2 Å². The van der Waals surface area contributed by atoms with Gasteiger partial charge in [0.25, 0.3) is 0 Å². The molecule has 1 aliphatic heterocycles. The zero-order valence-electron chi connectivity index (χ0n) is 12.4. The molecular formula is C16H19NO5. The van der Waals surface area contributed by atoms with Gasteiger partial charge in [0, 0.05) is 0 Å². The molecule has 1 fully saturated rings. The molecule has 0 saturated heterocycles. The molecule has 1 aromatic carbocycles. The van der Waals surface area contributed by atoms with Crippen LogP contribution in [0.3, 0.4) is 0 Å². The van der Waals surface area contributed by atoms with Crippen LogP contribution in [0.4, 0.5) is 0 Å². The van der Waals surface area contributed by atoms with E-state index in [1.807, 2.05) is 25.1 Å². The molecule has 1 heterocycles. The van der Waals surface area contributed by atoms with Gasteiger partial charge in [-0.3, -0.25) is 9.59 Å². The summed E-state index contributed by atoms with van der Waals surface area (Å²) in [6.45, 7) is 3.03. The minimum atomic E-state index is -0.896. The van der Waals surface area contributed by atoms with Crippen molar-refractivity contribution in [2.45, 2.75) is 25.8 Å². The fourth-order valence-corrected chi connectivity index (χ4v) is 2.73. The van der Waals surface area contributed by atoms with Crippen molar-refractivity contribution >= 4 is 11.9 Å². The van der Waals surface area contributed by atoms with Crippen molar-refractivity contribution in [1.82, 2.24) is 5.32 Å². The molecule has 1 aromatic rings. The number of hydrogen-bond donors (Lipinski definition) is 2. The highest BCUT2D eigenvalue weighted by molar-refractivity contribution is 5.89. The van der Waals surface area contributed by atoms with Crippen LogP contribution >= 0.6 is 0 Å². The molecule has 0 bridgehead atoms. The van der Waals surface area contributed by atoms with E-state index in [1.54, 1.807) is 0 Å². The SMILES string of the molecule is CCC(NC(=O)C1CC1C(=O)O)c1ccc2c(c1)OCCO2. The van der Waals surface area contributed by atoms with Crippen LogP contribution in [0.2, 0.25) is 0 Å². The fraction of sp³-hybridized carbons (Fsp3) is 0.500. The van der Waals surface area contributed by atoms with E-state index in [0.29, 0.717) is 31.1 Å². The quantitative estimate of drug-likeness (QED) is 0.865. The molecule has 1 saturated carbocycles. The average Bonchev–Trinajstić information content (AvgIpc) is 3.33. The Morgan fingerprint density at radius 2 is 2.00 bits per heavy atom. The minimum Gasteiger partial charge on any atom is -0.486 e. The van der Waals surface area contributed by atoms with Crippen LogP contribution < -0.4 is 14.8 Å². The summed E-state index contributed by atoms with van der Waals surface area (Å²) >= 11 is 0. The third-order valence-electron chi connectivity index (χ3n) is 4.14. The number of amides is 1. The van der Waals surface area contributed by atoms with Crippen molar-refractivity contribution in [1.29, 1.82) is 0 Å². The van der Waals surface area contributed by atoms with E-state index in [2.05, 4.69) is 5.32 Å². The Bertz CT molecular complexity index is 600. The Balaban J connectivity index is 1.69. The Labute approximate surface area is 128 Å². The number of carboxylic acid groups (broad SMARTS) is 1. The lowest BCUT2D eigenvalue weighted by molar-refractivity contribution is -0.140. The second kappa shape index (κ2) is 5.87. The summed E-state index contributed by atoms with van der Waals surface area (Å²) in [7, 11) is 0. The number of nitrogens with one attached hydrogen (secondary N) is 1. The Hall–Kier alpha value is -2.24. The topological polar surface area (TPSA) is 84.9 Å². The molecule has 0 aromatic heterocycles. The number of carbonyl (C=O) groups excluding carboxylic acids is 1. The van der Waals surface area contributed by atoms with E-state index >= 15 is 0 Å². The monoisotopic (exact) mass is 305 g/mol. The first-order valence-electron chi connectivity index (χ1n) is 7.53. The molecule has 22 heavy (non-hydrogen) atoms. The van der Waals surface area contributed by atoms with E-state index in [9.17, 15) is 9.59 Å². The second-order valence-corrected chi connectivity index (χ2v) is 5.66. The van der Waals surface area contributed by atoms with E-state index in [0.717, 1.165) is 12.0 Å². The largest absolute Gasteiger partial charge is 0.486 e. The van der Waals surface area contributed by atoms with Crippen molar-refractivity contribution in [3.8, 4) is 11.5 Å². The highest BCUT2D eigenvalue weighted by Gasteiger charge is 2.48. The minimum absolute atomic E-state index is 0.154. The predicted molar refractivity (Wildman–Crippen MR) is 77.8 cm³/mol. The van der Waals surface area contributed by atoms with Gasteiger partial charge in [0.15, 0.2) is 11.5 Å². The van der Waals surface area contributed by atoms with Crippen LogP contribution in [-0.4, -0.2) is 30.2 Å². The van der Waals surface area contributed by atoms with Crippen LogP contribution in [0.5, 0.6) is 11.5 Å². The smallest absolute Gasteiger partial charge is 0.307 e. The molecular weight excluding hydrogens is 286 g/mol. The number of carbonyl (C=O) groups is 2. The standard InChI is InChI=1S/C16H19NO5/c1-2-12(17-15(18)10-8-11(10)16(19)20)9-3-4-13-14(7-9)22-6-5-21-13/h3-4,7,10-12H,2,5-6,8H2,1H3,(H,17,18)(H,19,20). The fourth-order valence-electron chi connectivity index (χ4n) is 2.73. The maximum atomic E-state index is 12.1. The van der Waals surface area contributed by atoms with Gasteiger partial charge in [-0.2, -0.15) is 0 Å². The number of fused-ring (bicyclic) bond motifs is 1. The Morgan fingerprint density at radius 3 is 2.64 bits per heavy atom. The van der Waals surface area contributed by atoms with Gasteiger partial charge in [0.05, 0.1) is 17.9 Å². The average molecular weight is 305 g/mol. The van der Waals surface area contributed by atoms with Gasteiger partial charge in [-0.25, -0.2) is 0 Å². The summed E-state index contributed by atoms with van der Waals surface area (Å²) in [6.07, 6.45) is 1.15. The van der Waals surface area contributed by atoms with E-state index in [-0.39, 0.29) is 11.9 Å². The number of aliphatic carboxylic acids is 1. The lowest BCUT2D eigenvalue weighted by Gasteiger charge is -2.22. The van der Waals surface area contributed by atoms with Gasteiger partial charge in [-0.15, -0.1) is 0 Å². The second-order valence-electron chi connectivity index (χ2n) is 5.66. The molecule has 3 unspecified atom stereocenters. The first-order valence-corrected chi connectivity index (χ1v) is 7.53. The van der Waals surface area contributed by atoms with Crippen molar-refractivity contribution in [2.24, 2.45) is 11.8 Å². The summed E-state index contributed by atoms with van der Waals surface area (Å²) in [5, 5.41) is 11.8. The van der Waals surface area contributed by atoms with Crippen molar-refractivity contribution in [2.75, 3.05) is 13.2 Å². The van der Waals surface area contributed by atoms with Crippen molar-refractivity contribution in [3.05, 3.63) is 23.8 Å². The first kappa shape index (κ1) is 14.7. The van der Waals surface area contributed by atoms with Crippen LogP contribution in [0, 0.1) is 11.8 Å². The molecule has 6 heteroatoms. The number of ether oxygens (including phenoxy) is 2. The zero-order valence-corrected chi connectivity index (χ0v) is 12.4. The van der Waals surface area contributed by atoms with E-state index < -0.39 is 17.8 Å². The Kier molecular flexibility index (Phi) is 3.92. The zero-order chi connectivity index (χ0) is 15.7. The lowest BCUT2D eigenvalue weighted by atomic mass is 10.0. The maximum absolute atomic E-state index is 12.1. The number of rotatable bonds is 5. The molecule has 1 aliphatic carbocycles. The summed E-state index contributed by atoms with van der Waals surface area (Å²) in [5.41, 5.74) is 0.938. The molecule has 0 spiro atoms. The summed E-state index contributed by atoms with van der Waals surface area (Å²) in [6, 6.07) is 5.47. The summed E-state index contributed by atoms with van der Waals surface area (Å²) in [4.78, 5) is 23.0. The number of benzene rings is 1. The molecule has 3 atom stereocenters. The van der Waals surface area contributed by atoms with E-state index in [4.69, 9.17) is 14.6 Å². The molecule has 118 valence electrons. The number of carboxylic acids is 1. The summed E-state index contributed by atoms with van der Waals surface area (Å²) in [5.74, 6) is -0.612. The van der Waals surface area contributed by atoms with Gasteiger partial charge < -0.3 is 19.9 Å².